The minimum absolute atomic E-state index is 0.0733. The fourth-order valence-electron chi connectivity index (χ4n) is 0.430. The summed E-state index contributed by atoms with van der Waals surface area (Å²) in [6.45, 7) is 0. The van der Waals surface area contributed by atoms with Crippen LogP contribution in [0.2, 0.25) is 0 Å². The Morgan fingerprint density at radius 1 is 1.50 bits per heavy atom. The first-order valence-corrected chi connectivity index (χ1v) is 2.48. The molecule has 0 bridgehead atoms. The molecule has 0 aromatic carbocycles. The van der Waals surface area contributed by atoms with E-state index in [0.717, 1.165) is 0 Å². The van der Waals surface area contributed by atoms with Crippen molar-refractivity contribution >= 4 is 17.7 Å². The van der Waals surface area contributed by atoms with E-state index in [1.54, 1.807) is 0 Å². The zero-order valence-corrected chi connectivity index (χ0v) is 4.98. The normalized spacial score (nSPS) is 8.40. The van der Waals surface area contributed by atoms with Crippen molar-refractivity contribution in [1.82, 2.24) is 9.97 Å². The van der Waals surface area contributed by atoms with Crippen LogP contribution in [0, 0.1) is 0 Å². The van der Waals surface area contributed by atoms with E-state index < -0.39 is 0 Å². The first kappa shape index (κ1) is 6.38. The first-order valence-electron chi connectivity index (χ1n) is 2.48. The summed E-state index contributed by atoms with van der Waals surface area (Å²) in [6.07, 6.45) is 4.04. The van der Waals surface area contributed by atoms with Gasteiger partial charge < -0.3 is 5.73 Å². The Hall–Kier alpha value is -1.74. The Kier molecular flexibility index (Phi) is 1.72. The molecule has 0 saturated heterocycles. The summed E-state index contributed by atoms with van der Waals surface area (Å²) >= 11 is 0. The van der Waals surface area contributed by atoms with Crippen LogP contribution >= 0.6 is 0 Å². The lowest BCUT2D eigenvalue weighted by molar-refractivity contribution is 0.565. The highest BCUT2D eigenvalue weighted by Gasteiger charge is 1.89. The molecule has 0 fully saturated rings. The highest BCUT2D eigenvalue weighted by molar-refractivity contribution is 5.42. The summed E-state index contributed by atoms with van der Waals surface area (Å²) < 4.78 is 0. The molecule has 50 valence electrons. The number of hydrogen-bond donors (Lipinski definition) is 1. The van der Waals surface area contributed by atoms with Gasteiger partial charge in [0, 0.05) is 0 Å². The molecule has 0 atom stereocenters. The largest absolute Gasteiger partial charge is 0.396 e. The summed E-state index contributed by atoms with van der Waals surface area (Å²) in [5.41, 5.74) is 5.69. The molecule has 0 radical (unpaired) electrons. The Bertz CT molecular complexity index is 261. The van der Waals surface area contributed by atoms with E-state index in [-0.39, 0.29) is 5.95 Å². The van der Waals surface area contributed by atoms with Crippen molar-refractivity contribution in [3.8, 4) is 0 Å². The van der Waals surface area contributed by atoms with E-state index in [9.17, 15) is 4.79 Å². The van der Waals surface area contributed by atoms with Crippen molar-refractivity contribution in [1.29, 1.82) is 0 Å². The molecule has 2 N–H and O–H groups in total. The van der Waals surface area contributed by atoms with Gasteiger partial charge in [0.05, 0.1) is 18.1 Å². The first-order chi connectivity index (χ1) is 4.83. The van der Waals surface area contributed by atoms with Gasteiger partial charge in [-0.05, 0) is 0 Å². The molecule has 0 aliphatic heterocycles. The van der Waals surface area contributed by atoms with Crippen LogP contribution in [0.1, 0.15) is 0 Å². The zero-order valence-electron chi connectivity index (χ0n) is 4.98. The van der Waals surface area contributed by atoms with Crippen LogP contribution in [0.5, 0.6) is 0 Å². The highest BCUT2D eigenvalue weighted by Crippen LogP contribution is 2.02. The van der Waals surface area contributed by atoms with Crippen LogP contribution in [-0.4, -0.2) is 16.0 Å². The lowest BCUT2D eigenvalue weighted by Gasteiger charge is -1.88. The van der Waals surface area contributed by atoms with Gasteiger partial charge in [0.1, 0.15) is 0 Å². The maximum atomic E-state index is 9.66. The molecule has 10 heavy (non-hydrogen) atoms. The molecule has 1 aromatic heterocycles. The quantitative estimate of drug-likeness (QED) is 0.436. The maximum Gasteiger partial charge on any atom is 0.260 e. The molecule has 0 unspecified atom stereocenters. The van der Waals surface area contributed by atoms with Crippen LogP contribution in [0.25, 0.3) is 0 Å². The van der Waals surface area contributed by atoms with Crippen molar-refractivity contribution in [2.24, 2.45) is 4.99 Å². The Morgan fingerprint density at radius 2 is 2.10 bits per heavy atom. The molecule has 1 aromatic rings. The van der Waals surface area contributed by atoms with Crippen molar-refractivity contribution < 1.29 is 4.79 Å². The Balaban J connectivity index is 3.00. The van der Waals surface area contributed by atoms with E-state index >= 15 is 0 Å². The third kappa shape index (κ3) is 1.37. The van der Waals surface area contributed by atoms with Gasteiger partial charge in [0.15, 0.2) is 0 Å². The minimum atomic E-state index is 0.0733. The molecular formula is C5H4N4O. The number of aromatic nitrogens is 2. The molecule has 1 heterocycles. The number of rotatable bonds is 1. The van der Waals surface area contributed by atoms with E-state index in [0.29, 0.717) is 5.69 Å². The van der Waals surface area contributed by atoms with Crippen LogP contribution in [-0.2, 0) is 4.79 Å². The van der Waals surface area contributed by atoms with Crippen LogP contribution in [0.3, 0.4) is 0 Å². The molecule has 5 nitrogen and oxygen atoms in total. The smallest absolute Gasteiger partial charge is 0.260 e. The lowest BCUT2D eigenvalue weighted by Crippen LogP contribution is -1.87. The molecular weight excluding hydrogens is 132 g/mol. The SMILES string of the molecule is Nc1cnc(N=C=O)nc1. The Labute approximate surface area is 56.6 Å². The number of nitrogens with zero attached hydrogens (tertiary/aromatic N) is 3. The Morgan fingerprint density at radius 3 is 2.60 bits per heavy atom. The average molecular weight is 136 g/mol. The van der Waals surface area contributed by atoms with Crippen molar-refractivity contribution in [2.75, 3.05) is 5.73 Å². The van der Waals surface area contributed by atoms with Crippen LogP contribution in [0.15, 0.2) is 17.4 Å². The molecule has 0 aliphatic rings. The number of aliphatic imine (C=N–C) groups is 1. The fraction of sp³-hybridized carbons (Fsp3) is 0. The molecule has 0 amide bonds. The van der Waals surface area contributed by atoms with E-state index in [2.05, 4.69) is 15.0 Å². The molecule has 0 aliphatic carbocycles. The average Bonchev–Trinajstić information content (AvgIpc) is 1.95. The molecule has 5 heteroatoms. The van der Waals surface area contributed by atoms with Gasteiger partial charge in [-0.25, -0.2) is 14.8 Å². The van der Waals surface area contributed by atoms with Gasteiger partial charge in [-0.15, -0.1) is 4.99 Å². The second-order valence-corrected chi connectivity index (χ2v) is 1.52. The van der Waals surface area contributed by atoms with Gasteiger partial charge in [-0.1, -0.05) is 0 Å². The van der Waals surface area contributed by atoms with Gasteiger partial charge in [-0.2, -0.15) is 0 Å². The topological polar surface area (TPSA) is 81.2 Å². The minimum Gasteiger partial charge on any atom is -0.396 e. The summed E-state index contributed by atoms with van der Waals surface area (Å²) in [6, 6.07) is 0. The zero-order chi connectivity index (χ0) is 7.40. The number of hydrogen-bond acceptors (Lipinski definition) is 5. The van der Waals surface area contributed by atoms with E-state index in [1.807, 2.05) is 0 Å². The number of carbonyl (C=O) groups excluding carboxylic acids is 1. The fourth-order valence-corrected chi connectivity index (χ4v) is 0.430. The summed E-state index contributed by atoms with van der Waals surface area (Å²) in [5.74, 6) is 0.0733. The van der Waals surface area contributed by atoms with Crippen molar-refractivity contribution in [2.45, 2.75) is 0 Å². The van der Waals surface area contributed by atoms with Crippen molar-refractivity contribution in [3.05, 3.63) is 12.4 Å². The van der Waals surface area contributed by atoms with Gasteiger partial charge >= 0.3 is 0 Å². The number of isocyanates is 1. The van der Waals surface area contributed by atoms with E-state index in [1.165, 1.54) is 18.5 Å². The summed E-state index contributed by atoms with van der Waals surface area (Å²) in [7, 11) is 0. The lowest BCUT2D eigenvalue weighted by atomic mass is 10.6. The standard InChI is InChI=1S/C5H4N4O/c6-4-1-7-5(8-2-4)9-3-10/h1-2H,6H2. The van der Waals surface area contributed by atoms with Crippen LogP contribution in [0.4, 0.5) is 11.6 Å². The molecule has 0 saturated carbocycles. The van der Waals surface area contributed by atoms with E-state index in [4.69, 9.17) is 5.73 Å². The summed E-state index contributed by atoms with van der Waals surface area (Å²) in [4.78, 5) is 20.0. The second kappa shape index (κ2) is 2.70. The maximum absolute atomic E-state index is 9.66. The second-order valence-electron chi connectivity index (χ2n) is 1.52. The van der Waals surface area contributed by atoms with Gasteiger partial charge in [0.25, 0.3) is 5.95 Å². The molecule has 0 spiro atoms. The number of nitrogen functional groups attached to an aromatic ring is 1. The number of anilines is 1. The predicted molar refractivity (Wildman–Crippen MR) is 34.2 cm³/mol. The third-order valence-electron chi connectivity index (χ3n) is 0.804. The van der Waals surface area contributed by atoms with Gasteiger partial charge in [-0.3, -0.25) is 0 Å². The van der Waals surface area contributed by atoms with Crippen molar-refractivity contribution in [3.63, 3.8) is 0 Å². The summed E-state index contributed by atoms with van der Waals surface area (Å²) in [5, 5.41) is 0. The number of nitrogens with two attached hydrogens (primary N) is 1. The van der Waals surface area contributed by atoms with Crippen LogP contribution < -0.4 is 5.73 Å². The third-order valence-corrected chi connectivity index (χ3v) is 0.804. The predicted octanol–water partition coefficient (Wildman–Crippen LogP) is 0.0261. The monoisotopic (exact) mass is 136 g/mol. The molecule has 1 rings (SSSR count). The van der Waals surface area contributed by atoms with Gasteiger partial charge in [0.2, 0.25) is 6.08 Å². The highest BCUT2D eigenvalue weighted by atomic mass is 16.1.